The molecule has 0 saturated carbocycles. The smallest absolute Gasteiger partial charge is 0.101 e. The molecule has 2 heterocycles. The van der Waals surface area contributed by atoms with Crippen LogP contribution in [-0.4, -0.2) is 15.2 Å². The molecule has 10 heavy (non-hydrogen) atoms. The highest BCUT2D eigenvalue weighted by Crippen LogP contribution is 2.12. The highest BCUT2D eigenvalue weighted by molar-refractivity contribution is 5.81. The molecule has 0 spiro atoms. The van der Waals surface area contributed by atoms with Gasteiger partial charge in [-0.25, -0.2) is 0 Å². The standard InChI is InChI=1S/C6H6N4/c7-6-1-4-2-8-9-3-5(4)10-6/h1-3,10H,7H2. The van der Waals surface area contributed by atoms with Crippen LogP contribution in [0.15, 0.2) is 18.5 Å². The number of nitrogens with zero attached hydrogens (tertiary/aromatic N) is 2. The third kappa shape index (κ3) is 0.621. The van der Waals surface area contributed by atoms with E-state index < -0.39 is 0 Å². The summed E-state index contributed by atoms with van der Waals surface area (Å²) in [5.74, 6) is 0.643. The lowest BCUT2D eigenvalue weighted by atomic mass is 10.4. The monoisotopic (exact) mass is 134 g/mol. The molecule has 2 aromatic rings. The normalized spacial score (nSPS) is 10.4. The van der Waals surface area contributed by atoms with Gasteiger partial charge in [-0.2, -0.15) is 10.2 Å². The third-order valence-electron chi connectivity index (χ3n) is 1.35. The summed E-state index contributed by atoms with van der Waals surface area (Å²) in [6, 6.07) is 1.82. The van der Waals surface area contributed by atoms with E-state index in [4.69, 9.17) is 5.73 Å². The van der Waals surface area contributed by atoms with E-state index in [0.717, 1.165) is 10.9 Å². The molecular formula is C6H6N4. The Labute approximate surface area is 57.1 Å². The molecule has 0 aliphatic heterocycles. The minimum Gasteiger partial charge on any atom is -0.385 e. The zero-order valence-electron chi connectivity index (χ0n) is 5.20. The number of nitrogens with one attached hydrogen (secondary N) is 1. The first-order valence-corrected chi connectivity index (χ1v) is 2.91. The lowest BCUT2D eigenvalue weighted by Gasteiger charge is -1.81. The highest BCUT2D eigenvalue weighted by Gasteiger charge is 1.94. The summed E-state index contributed by atoms with van der Waals surface area (Å²) in [7, 11) is 0. The molecule has 0 atom stereocenters. The van der Waals surface area contributed by atoms with Crippen LogP contribution in [0.1, 0.15) is 0 Å². The molecule has 0 amide bonds. The van der Waals surface area contributed by atoms with Crippen LogP contribution in [0.3, 0.4) is 0 Å². The number of aromatic amines is 1. The summed E-state index contributed by atoms with van der Waals surface area (Å²) in [5.41, 5.74) is 6.40. The van der Waals surface area contributed by atoms with Gasteiger partial charge in [0.1, 0.15) is 5.82 Å². The van der Waals surface area contributed by atoms with Crippen molar-refractivity contribution in [2.45, 2.75) is 0 Å². The first-order valence-electron chi connectivity index (χ1n) is 2.91. The Kier molecular flexibility index (Phi) is 0.887. The van der Waals surface area contributed by atoms with E-state index in [1.807, 2.05) is 6.07 Å². The molecule has 3 N–H and O–H groups in total. The fourth-order valence-electron chi connectivity index (χ4n) is 0.909. The molecule has 2 aromatic heterocycles. The Morgan fingerprint density at radius 3 is 2.90 bits per heavy atom. The molecule has 4 heteroatoms. The number of nitrogen functional groups attached to an aromatic ring is 1. The van der Waals surface area contributed by atoms with Gasteiger partial charge in [0.25, 0.3) is 0 Å². The molecule has 2 rings (SSSR count). The van der Waals surface area contributed by atoms with Crippen LogP contribution in [-0.2, 0) is 0 Å². The van der Waals surface area contributed by atoms with Crippen LogP contribution in [0.2, 0.25) is 0 Å². The Balaban J connectivity index is 2.88. The number of fused-ring (bicyclic) bond motifs is 1. The topological polar surface area (TPSA) is 67.6 Å². The maximum absolute atomic E-state index is 5.48. The molecule has 0 radical (unpaired) electrons. The average Bonchev–Trinajstić information content (AvgIpc) is 2.27. The lowest BCUT2D eigenvalue weighted by molar-refractivity contribution is 1.05. The summed E-state index contributed by atoms with van der Waals surface area (Å²) in [4.78, 5) is 2.93. The van der Waals surface area contributed by atoms with Crippen molar-refractivity contribution in [1.29, 1.82) is 0 Å². The molecule has 0 aromatic carbocycles. The van der Waals surface area contributed by atoms with E-state index in [1.54, 1.807) is 12.4 Å². The predicted molar refractivity (Wildman–Crippen MR) is 38.3 cm³/mol. The number of H-pyrrole nitrogens is 1. The third-order valence-corrected chi connectivity index (χ3v) is 1.35. The van der Waals surface area contributed by atoms with Crippen molar-refractivity contribution in [2.24, 2.45) is 0 Å². The van der Waals surface area contributed by atoms with Crippen molar-refractivity contribution < 1.29 is 0 Å². The summed E-state index contributed by atoms with van der Waals surface area (Å²) in [6.45, 7) is 0. The van der Waals surface area contributed by atoms with E-state index >= 15 is 0 Å². The van der Waals surface area contributed by atoms with Crippen molar-refractivity contribution in [3.05, 3.63) is 18.5 Å². The number of nitrogens with two attached hydrogens (primary N) is 1. The molecule has 0 aliphatic carbocycles. The van der Waals surface area contributed by atoms with Crippen molar-refractivity contribution in [2.75, 3.05) is 5.73 Å². The molecule has 0 aliphatic rings. The number of aromatic nitrogens is 3. The summed E-state index contributed by atoms with van der Waals surface area (Å²) >= 11 is 0. The fourth-order valence-corrected chi connectivity index (χ4v) is 0.909. The predicted octanol–water partition coefficient (Wildman–Crippen LogP) is 0.540. The highest BCUT2D eigenvalue weighted by atomic mass is 15.1. The van der Waals surface area contributed by atoms with E-state index in [1.165, 1.54) is 0 Å². The zero-order valence-corrected chi connectivity index (χ0v) is 5.20. The van der Waals surface area contributed by atoms with E-state index in [-0.39, 0.29) is 0 Å². The number of rotatable bonds is 0. The molecular weight excluding hydrogens is 128 g/mol. The van der Waals surface area contributed by atoms with Gasteiger partial charge < -0.3 is 10.7 Å². The van der Waals surface area contributed by atoms with Crippen LogP contribution in [0.5, 0.6) is 0 Å². The second-order valence-electron chi connectivity index (χ2n) is 2.08. The van der Waals surface area contributed by atoms with Gasteiger partial charge in [0, 0.05) is 5.39 Å². The van der Waals surface area contributed by atoms with Crippen LogP contribution >= 0.6 is 0 Å². The van der Waals surface area contributed by atoms with Crippen LogP contribution in [0.25, 0.3) is 10.9 Å². The van der Waals surface area contributed by atoms with Crippen molar-refractivity contribution in [1.82, 2.24) is 15.2 Å². The van der Waals surface area contributed by atoms with E-state index in [2.05, 4.69) is 15.2 Å². The maximum Gasteiger partial charge on any atom is 0.101 e. The minimum atomic E-state index is 0.643. The van der Waals surface area contributed by atoms with Crippen molar-refractivity contribution in [3.8, 4) is 0 Å². The van der Waals surface area contributed by atoms with Crippen molar-refractivity contribution >= 4 is 16.7 Å². The Bertz CT molecular complexity index is 318. The number of anilines is 1. The van der Waals surface area contributed by atoms with Gasteiger partial charge in [0.2, 0.25) is 0 Å². The Morgan fingerprint density at radius 1 is 1.30 bits per heavy atom. The summed E-state index contributed by atoms with van der Waals surface area (Å²) in [6.07, 6.45) is 3.31. The SMILES string of the molecule is Nc1cc2cnncc2[nH]1. The first kappa shape index (κ1) is 5.22. The van der Waals surface area contributed by atoms with Gasteiger partial charge in [0.05, 0.1) is 17.9 Å². The van der Waals surface area contributed by atoms with Gasteiger partial charge in [-0.15, -0.1) is 0 Å². The summed E-state index contributed by atoms with van der Waals surface area (Å²) in [5, 5.41) is 8.38. The number of hydrogen-bond acceptors (Lipinski definition) is 3. The van der Waals surface area contributed by atoms with E-state index in [9.17, 15) is 0 Å². The second kappa shape index (κ2) is 1.70. The maximum atomic E-state index is 5.48. The molecule has 0 unspecified atom stereocenters. The van der Waals surface area contributed by atoms with Gasteiger partial charge in [0.15, 0.2) is 0 Å². The van der Waals surface area contributed by atoms with Crippen LogP contribution in [0, 0.1) is 0 Å². The van der Waals surface area contributed by atoms with Crippen LogP contribution in [0.4, 0.5) is 5.82 Å². The Morgan fingerprint density at radius 2 is 2.10 bits per heavy atom. The molecule has 0 saturated heterocycles. The molecule has 0 bridgehead atoms. The summed E-state index contributed by atoms with van der Waals surface area (Å²) < 4.78 is 0. The second-order valence-corrected chi connectivity index (χ2v) is 2.08. The average molecular weight is 134 g/mol. The zero-order chi connectivity index (χ0) is 6.97. The molecule has 4 nitrogen and oxygen atoms in total. The quantitative estimate of drug-likeness (QED) is 0.552. The lowest BCUT2D eigenvalue weighted by Crippen LogP contribution is -1.80. The number of hydrogen-bond donors (Lipinski definition) is 2. The van der Waals surface area contributed by atoms with E-state index in [0.29, 0.717) is 5.82 Å². The van der Waals surface area contributed by atoms with Crippen LogP contribution < -0.4 is 5.73 Å². The van der Waals surface area contributed by atoms with Gasteiger partial charge >= 0.3 is 0 Å². The van der Waals surface area contributed by atoms with Crippen molar-refractivity contribution in [3.63, 3.8) is 0 Å². The molecule has 0 fully saturated rings. The minimum absolute atomic E-state index is 0.643. The fraction of sp³-hybridized carbons (Fsp3) is 0. The van der Waals surface area contributed by atoms with Gasteiger partial charge in [-0.05, 0) is 6.07 Å². The largest absolute Gasteiger partial charge is 0.385 e. The van der Waals surface area contributed by atoms with Gasteiger partial charge in [-0.1, -0.05) is 0 Å². The van der Waals surface area contributed by atoms with Gasteiger partial charge in [-0.3, -0.25) is 0 Å². The molecule has 50 valence electrons. The first-order chi connectivity index (χ1) is 4.86. The Hall–Kier alpha value is -1.58.